The predicted molar refractivity (Wildman–Crippen MR) is 75.6 cm³/mol. The molecule has 0 saturated carbocycles. The van der Waals surface area contributed by atoms with Crippen molar-refractivity contribution in [3.05, 3.63) is 51.7 Å². The zero-order valence-corrected chi connectivity index (χ0v) is 11.3. The van der Waals surface area contributed by atoms with Crippen LogP contribution in [0.3, 0.4) is 0 Å². The van der Waals surface area contributed by atoms with E-state index < -0.39 is 5.82 Å². The molecule has 2 aromatic rings. The number of nitrogens with one attached hydrogen (secondary N) is 1. The number of hydrogen-bond donors (Lipinski definition) is 2. The first-order chi connectivity index (χ1) is 9.70. The fraction of sp³-hybridized carbons (Fsp3) is 0.143. The number of aromatic nitrogens is 1. The van der Waals surface area contributed by atoms with Gasteiger partial charge in [-0.05, 0) is 18.2 Å². The molecule has 6 heteroatoms. The molecule has 1 heterocycles. The van der Waals surface area contributed by atoms with Crippen LogP contribution < -0.4 is 11.1 Å². The molecule has 0 unspecified atom stereocenters. The normalized spacial score (nSPS) is 9.70. The van der Waals surface area contributed by atoms with Crippen molar-refractivity contribution >= 4 is 17.2 Å². The van der Waals surface area contributed by atoms with Crippen molar-refractivity contribution in [1.82, 2.24) is 10.3 Å². The highest BCUT2D eigenvalue weighted by molar-refractivity contribution is 7.09. The molecular formula is C14H12FN3OS. The van der Waals surface area contributed by atoms with Crippen molar-refractivity contribution in [2.45, 2.75) is 6.54 Å². The molecule has 0 aliphatic carbocycles. The maximum atomic E-state index is 13.2. The molecule has 4 nitrogen and oxygen atoms in total. The predicted octanol–water partition coefficient (Wildman–Crippen LogP) is 1.52. The van der Waals surface area contributed by atoms with Gasteiger partial charge in [-0.1, -0.05) is 11.8 Å². The molecule has 3 N–H and O–H groups in total. The summed E-state index contributed by atoms with van der Waals surface area (Å²) < 4.78 is 13.2. The summed E-state index contributed by atoms with van der Waals surface area (Å²) in [7, 11) is 0. The van der Waals surface area contributed by atoms with E-state index in [2.05, 4.69) is 22.1 Å². The number of benzene rings is 1. The number of nitrogens with two attached hydrogens (primary N) is 1. The van der Waals surface area contributed by atoms with Gasteiger partial charge in [0.1, 0.15) is 10.8 Å². The number of amides is 1. The monoisotopic (exact) mass is 289 g/mol. The molecule has 1 aromatic carbocycles. The van der Waals surface area contributed by atoms with Crippen LogP contribution in [0.4, 0.5) is 4.39 Å². The summed E-state index contributed by atoms with van der Waals surface area (Å²) in [4.78, 5) is 16.1. The fourth-order valence-electron chi connectivity index (χ4n) is 1.56. The van der Waals surface area contributed by atoms with Crippen LogP contribution in [0, 0.1) is 17.7 Å². The summed E-state index contributed by atoms with van der Waals surface area (Å²) >= 11 is 1.45. The van der Waals surface area contributed by atoms with Gasteiger partial charge in [-0.2, -0.15) is 0 Å². The quantitative estimate of drug-likeness (QED) is 0.842. The van der Waals surface area contributed by atoms with Crippen LogP contribution in [-0.4, -0.2) is 17.4 Å². The van der Waals surface area contributed by atoms with Crippen molar-refractivity contribution in [3.63, 3.8) is 0 Å². The molecule has 0 aliphatic heterocycles. The van der Waals surface area contributed by atoms with E-state index in [0.29, 0.717) is 17.7 Å². The van der Waals surface area contributed by atoms with E-state index in [0.717, 1.165) is 5.01 Å². The van der Waals surface area contributed by atoms with Gasteiger partial charge in [-0.15, -0.1) is 11.3 Å². The second kappa shape index (κ2) is 6.80. The van der Waals surface area contributed by atoms with Crippen LogP contribution >= 0.6 is 11.3 Å². The van der Waals surface area contributed by atoms with Crippen LogP contribution in [-0.2, 0) is 6.54 Å². The van der Waals surface area contributed by atoms with E-state index >= 15 is 0 Å². The average molecular weight is 289 g/mol. The Labute approximate surface area is 119 Å². The smallest absolute Gasteiger partial charge is 0.252 e. The average Bonchev–Trinajstić information content (AvgIpc) is 2.96. The third-order valence-corrected chi connectivity index (χ3v) is 3.21. The maximum absolute atomic E-state index is 13.2. The lowest BCUT2D eigenvalue weighted by Crippen LogP contribution is -2.23. The molecule has 102 valence electrons. The lowest BCUT2D eigenvalue weighted by molar-refractivity contribution is 0.0950. The molecule has 0 radical (unpaired) electrons. The van der Waals surface area contributed by atoms with Crippen molar-refractivity contribution in [2.24, 2.45) is 5.73 Å². The molecule has 0 atom stereocenters. The molecule has 0 spiro atoms. The number of nitrogens with zero attached hydrogens (tertiary/aromatic N) is 1. The first kappa shape index (κ1) is 14.2. The van der Waals surface area contributed by atoms with Gasteiger partial charge < -0.3 is 11.1 Å². The lowest BCUT2D eigenvalue weighted by atomic mass is 10.1. The molecule has 20 heavy (non-hydrogen) atoms. The number of thiazole rings is 1. The van der Waals surface area contributed by atoms with E-state index in [1.165, 1.54) is 29.5 Å². The maximum Gasteiger partial charge on any atom is 0.252 e. The van der Waals surface area contributed by atoms with Gasteiger partial charge in [-0.3, -0.25) is 4.79 Å². The van der Waals surface area contributed by atoms with Crippen molar-refractivity contribution in [1.29, 1.82) is 0 Å². The van der Waals surface area contributed by atoms with E-state index in [1.807, 2.05) is 5.38 Å². The molecular weight excluding hydrogens is 277 g/mol. The first-order valence-electron chi connectivity index (χ1n) is 5.86. The molecule has 0 aliphatic rings. The second-order valence-electron chi connectivity index (χ2n) is 3.80. The van der Waals surface area contributed by atoms with Crippen LogP contribution in [0.25, 0.3) is 0 Å². The Kier molecular flexibility index (Phi) is 4.82. The number of carbonyl (C=O) groups is 1. The van der Waals surface area contributed by atoms with Crippen molar-refractivity contribution in [2.75, 3.05) is 6.54 Å². The fourth-order valence-corrected chi connectivity index (χ4v) is 2.11. The van der Waals surface area contributed by atoms with E-state index in [-0.39, 0.29) is 12.5 Å². The van der Waals surface area contributed by atoms with Gasteiger partial charge in [-0.25, -0.2) is 9.37 Å². The minimum Gasteiger partial charge on any atom is -0.345 e. The minimum absolute atomic E-state index is 0.149. The summed E-state index contributed by atoms with van der Waals surface area (Å²) in [5.74, 6) is 4.56. The summed E-state index contributed by atoms with van der Waals surface area (Å²) in [5, 5.41) is 5.36. The topological polar surface area (TPSA) is 68.0 Å². The summed E-state index contributed by atoms with van der Waals surface area (Å²) in [5.41, 5.74) is 5.94. The largest absolute Gasteiger partial charge is 0.345 e. The zero-order valence-electron chi connectivity index (χ0n) is 10.5. The van der Waals surface area contributed by atoms with Crippen LogP contribution in [0.5, 0.6) is 0 Å². The van der Waals surface area contributed by atoms with E-state index in [1.54, 1.807) is 6.20 Å². The van der Waals surface area contributed by atoms with Crippen molar-refractivity contribution in [3.8, 4) is 11.8 Å². The third-order valence-electron chi connectivity index (χ3n) is 2.43. The van der Waals surface area contributed by atoms with Crippen LogP contribution in [0.2, 0.25) is 0 Å². The molecule has 0 bridgehead atoms. The highest BCUT2D eigenvalue weighted by Crippen LogP contribution is 2.11. The number of rotatable bonds is 3. The Morgan fingerprint density at radius 3 is 3.05 bits per heavy atom. The van der Waals surface area contributed by atoms with E-state index in [4.69, 9.17) is 5.73 Å². The van der Waals surface area contributed by atoms with Gasteiger partial charge in [0.05, 0.1) is 18.7 Å². The van der Waals surface area contributed by atoms with Crippen LogP contribution in [0.15, 0.2) is 29.8 Å². The lowest BCUT2D eigenvalue weighted by Gasteiger charge is -2.05. The molecule has 0 fully saturated rings. The SMILES string of the molecule is NCC#Cc1cc(F)ccc1C(=O)NCc1nccs1. The molecule has 2 rings (SSSR count). The molecule has 0 saturated heterocycles. The Balaban J connectivity index is 2.16. The Morgan fingerprint density at radius 2 is 2.35 bits per heavy atom. The van der Waals surface area contributed by atoms with Gasteiger partial charge in [0.25, 0.3) is 5.91 Å². The first-order valence-corrected chi connectivity index (χ1v) is 6.73. The minimum atomic E-state index is -0.442. The summed E-state index contributed by atoms with van der Waals surface area (Å²) in [6, 6.07) is 3.86. The highest BCUT2D eigenvalue weighted by atomic mass is 32.1. The molecule has 1 amide bonds. The number of halogens is 1. The molecule has 1 aromatic heterocycles. The number of hydrogen-bond acceptors (Lipinski definition) is 4. The highest BCUT2D eigenvalue weighted by Gasteiger charge is 2.11. The van der Waals surface area contributed by atoms with Gasteiger partial charge in [0.15, 0.2) is 0 Å². The van der Waals surface area contributed by atoms with Crippen LogP contribution in [0.1, 0.15) is 20.9 Å². The van der Waals surface area contributed by atoms with Crippen molar-refractivity contribution < 1.29 is 9.18 Å². The van der Waals surface area contributed by atoms with E-state index in [9.17, 15) is 9.18 Å². The summed E-state index contributed by atoms with van der Waals surface area (Å²) in [6.45, 7) is 0.480. The second-order valence-corrected chi connectivity index (χ2v) is 4.78. The Morgan fingerprint density at radius 1 is 1.50 bits per heavy atom. The zero-order chi connectivity index (χ0) is 14.4. The summed E-state index contributed by atoms with van der Waals surface area (Å²) in [6.07, 6.45) is 1.67. The van der Waals surface area contributed by atoms with Gasteiger partial charge >= 0.3 is 0 Å². The Bertz CT molecular complexity index is 659. The number of carbonyl (C=O) groups excluding carboxylic acids is 1. The third kappa shape index (κ3) is 3.63. The standard InChI is InChI=1S/C14H12FN3OS/c15-11-3-4-12(10(8-11)2-1-5-16)14(19)18-9-13-17-6-7-20-13/h3-4,6-8H,5,9,16H2,(H,18,19). The van der Waals surface area contributed by atoms with Gasteiger partial charge in [0.2, 0.25) is 0 Å². The van der Waals surface area contributed by atoms with Gasteiger partial charge in [0, 0.05) is 17.1 Å². The Hall–Kier alpha value is -2.23.